The molecule has 0 saturated heterocycles. The highest BCUT2D eigenvalue weighted by molar-refractivity contribution is 14.1. The summed E-state index contributed by atoms with van der Waals surface area (Å²) in [6, 6.07) is 47.6. The first-order valence-electron chi connectivity index (χ1n) is 16.4. The second kappa shape index (κ2) is 15.9. The predicted molar refractivity (Wildman–Crippen MR) is 202 cm³/mol. The lowest BCUT2D eigenvalue weighted by atomic mass is 10.0. The van der Waals surface area contributed by atoms with Gasteiger partial charge in [-0.25, -0.2) is 0 Å². The molecular weight excluding hydrogens is 739 g/mol. The van der Waals surface area contributed by atoms with Crippen molar-refractivity contribution >= 4 is 28.4 Å². The van der Waals surface area contributed by atoms with Crippen molar-refractivity contribution < 1.29 is 28.8 Å². The highest BCUT2D eigenvalue weighted by Crippen LogP contribution is 2.46. The molecule has 0 radical (unpaired) electrons. The molecule has 0 unspecified atom stereocenters. The van der Waals surface area contributed by atoms with Crippen LogP contribution in [0.3, 0.4) is 0 Å². The van der Waals surface area contributed by atoms with Crippen LogP contribution < -0.4 is 18.9 Å². The fourth-order valence-corrected chi connectivity index (χ4v) is 6.22. The first-order chi connectivity index (χ1) is 24.6. The van der Waals surface area contributed by atoms with Gasteiger partial charge in [-0.2, -0.15) is 0 Å². The maximum absolute atomic E-state index is 11.4. The van der Waals surface area contributed by atoms with Crippen LogP contribution in [0.1, 0.15) is 33.4 Å². The minimum Gasteiger partial charge on any atom is -0.506 e. The van der Waals surface area contributed by atoms with Gasteiger partial charge in [0.05, 0.1) is 3.57 Å². The molecule has 0 aromatic heterocycles. The molecule has 50 heavy (non-hydrogen) atoms. The Labute approximate surface area is 305 Å². The number of ether oxygens (including phenoxy) is 5. The zero-order valence-electron chi connectivity index (χ0n) is 27.3. The van der Waals surface area contributed by atoms with Gasteiger partial charge >= 0.3 is 0 Å². The van der Waals surface area contributed by atoms with E-state index in [1.807, 2.05) is 146 Å². The van der Waals surface area contributed by atoms with Gasteiger partial charge in [-0.1, -0.05) is 121 Å². The monoisotopic (exact) mass is 774 g/mol. The Hall–Kier alpha value is -5.41. The highest BCUT2D eigenvalue weighted by atomic mass is 127. The van der Waals surface area contributed by atoms with Crippen LogP contribution in [0.15, 0.2) is 151 Å². The van der Waals surface area contributed by atoms with Gasteiger partial charge in [0.15, 0.2) is 17.3 Å². The maximum Gasteiger partial charge on any atom is 0.172 e. The second-order valence-corrected chi connectivity index (χ2v) is 12.9. The summed E-state index contributed by atoms with van der Waals surface area (Å²) in [4.78, 5) is 0. The standard InChI is InChI=1S/C43H35IO6/c44-41-39(48-28-32-17-9-3-10-18-32)25-37-35(42(41)45)24-40(49-29-33-19-11-4-12-20-33)43(50-37)34-21-22-36(46-26-30-13-5-1-6-14-30)38(23-34)47-27-31-15-7-2-8-16-31/h1-23,25,45H,24,26-29H2. The van der Waals surface area contributed by atoms with E-state index >= 15 is 0 Å². The van der Waals surface area contributed by atoms with Crippen LogP contribution in [0.5, 0.6) is 28.7 Å². The number of benzene rings is 6. The van der Waals surface area contributed by atoms with Gasteiger partial charge in [-0.15, -0.1) is 0 Å². The van der Waals surface area contributed by atoms with E-state index in [0.717, 1.165) is 27.8 Å². The molecule has 0 fully saturated rings. The van der Waals surface area contributed by atoms with Crippen LogP contribution in [-0.2, 0) is 37.6 Å². The number of hydrogen-bond acceptors (Lipinski definition) is 6. The summed E-state index contributed by atoms with van der Waals surface area (Å²) in [7, 11) is 0. The zero-order chi connectivity index (χ0) is 34.1. The summed E-state index contributed by atoms with van der Waals surface area (Å²) >= 11 is 2.12. The third kappa shape index (κ3) is 8.06. The van der Waals surface area contributed by atoms with Crippen molar-refractivity contribution in [2.24, 2.45) is 0 Å². The second-order valence-electron chi connectivity index (χ2n) is 11.8. The first kappa shape index (κ1) is 33.1. The molecule has 7 heteroatoms. The van der Waals surface area contributed by atoms with Crippen LogP contribution in [0.2, 0.25) is 0 Å². The number of phenolic OH excluding ortho intramolecular Hbond substituents is 1. The molecule has 0 saturated carbocycles. The molecule has 250 valence electrons. The van der Waals surface area contributed by atoms with Crippen molar-refractivity contribution in [3.8, 4) is 28.7 Å². The lowest BCUT2D eigenvalue weighted by Gasteiger charge is -2.26. The molecule has 6 nitrogen and oxygen atoms in total. The van der Waals surface area contributed by atoms with Gasteiger partial charge in [-0.3, -0.25) is 0 Å². The molecule has 6 aromatic rings. The fourth-order valence-electron chi connectivity index (χ4n) is 5.58. The Balaban J connectivity index is 1.23. The van der Waals surface area contributed by atoms with E-state index in [0.29, 0.717) is 76.5 Å². The molecule has 1 heterocycles. The van der Waals surface area contributed by atoms with Crippen LogP contribution in [0, 0.1) is 3.57 Å². The molecular formula is C43H35IO6. The number of rotatable bonds is 13. The lowest BCUT2D eigenvalue weighted by molar-refractivity contribution is 0.183. The largest absolute Gasteiger partial charge is 0.506 e. The van der Waals surface area contributed by atoms with Crippen LogP contribution >= 0.6 is 22.6 Å². The van der Waals surface area contributed by atoms with Gasteiger partial charge < -0.3 is 28.8 Å². The van der Waals surface area contributed by atoms with E-state index < -0.39 is 0 Å². The molecule has 1 aliphatic rings. The molecule has 1 N–H and O–H groups in total. The number of aromatic hydroxyl groups is 1. The molecule has 0 amide bonds. The number of halogens is 1. The molecule has 0 bridgehead atoms. The highest BCUT2D eigenvalue weighted by Gasteiger charge is 2.29. The number of hydrogen-bond donors (Lipinski definition) is 1. The molecule has 6 aromatic carbocycles. The van der Waals surface area contributed by atoms with E-state index in [1.165, 1.54) is 0 Å². The molecule has 0 aliphatic carbocycles. The van der Waals surface area contributed by atoms with E-state index in [-0.39, 0.29) is 5.75 Å². The third-order valence-corrected chi connectivity index (χ3v) is 9.29. The molecule has 7 rings (SSSR count). The Morgan fingerprint density at radius 3 is 1.50 bits per heavy atom. The van der Waals surface area contributed by atoms with E-state index in [4.69, 9.17) is 23.7 Å². The average Bonchev–Trinajstić information content (AvgIpc) is 3.18. The summed E-state index contributed by atoms with van der Waals surface area (Å²) in [6.45, 7) is 1.45. The van der Waals surface area contributed by atoms with Crippen molar-refractivity contribution in [1.82, 2.24) is 0 Å². The number of allylic oxidation sites excluding steroid dienone is 1. The Bertz CT molecular complexity index is 2070. The molecule has 0 spiro atoms. The third-order valence-electron chi connectivity index (χ3n) is 8.25. The van der Waals surface area contributed by atoms with Crippen molar-refractivity contribution in [1.29, 1.82) is 0 Å². The van der Waals surface area contributed by atoms with E-state index in [2.05, 4.69) is 22.6 Å². The lowest BCUT2D eigenvalue weighted by Crippen LogP contribution is -2.14. The first-order valence-corrected chi connectivity index (χ1v) is 17.5. The van der Waals surface area contributed by atoms with E-state index in [1.54, 1.807) is 0 Å². The topological polar surface area (TPSA) is 66.4 Å². The normalized spacial score (nSPS) is 12.1. The fraction of sp³-hybridized carbons (Fsp3) is 0.116. The maximum atomic E-state index is 11.4. The van der Waals surface area contributed by atoms with Crippen molar-refractivity contribution in [2.75, 3.05) is 0 Å². The van der Waals surface area contributed by atoms with Gasteiger partial charge in [0.2, 0.25) is 0 Å². The van der Waals surface area contributed by atoms with Crippen molar-refractivity contribution in [3.63, 3.8) is 0 Å². The summed E-state index contributed by atoms with van der Waals surface area (Å²) in [5.41, 5.74) is 5.52. The Morgan fingerprint density at radius 2 is 0.980 bits per heavy atom. The molecule has 0 atom stereocenters. The van der Waals surface area contributed by atoms with Gasteiger partial charge in [0.25, 0.3) is 0 Å². The molecule has 1 aliphatic heterocycles. The van der Waals surface area contributed by atoms with Gasteiger partial charge in [-0.05, 0) is 63.0 Å². The van der Waals surface area contributed by atoms with Gasteiger partial charge in [0.1, 0.15) is 49.4 Å². The Kier molecular flexibility index (Phi) is 10.5. The van der Waals surface area contributed by atoms with Crippen LogP contribution in [0.4, 0.5) is 0 Å². The minimum absolute atomic E-state index is 0.113. The summed E-state index contributed by atoms with van der Waals surface area (Å²) in [5.74, 6) is 3.46. The predicted octanol–water partition coefficient (Wildman–Crippen LogP) is 10.3. The number of phenols is 1. The van der Waals surface area contributed by atoms with Gasteiger partial charge in [0, 0.05) is 23.6 Å². The van der Waals surface area contributed by atoms with Crippen molar-refractivity contribution in [3.05, 3.63) is 188 Å². The number of fused-ring (bicyclic) bond motifs is 1. The minimum atomic E-state index is 0.113. The summed E-state index contributed by atoms with van der Waals surface area (Å²) in [6.07, 6.45) is 0.324. The van der Waals surface area contributed by atoms with Crippen molar-refractivity contribution in [2.45, 2.75) is 32.8 Å². The summed E-state index contributed by atoms with van der Waals surface area (Å²) in [5, 5.41) is 11.4. The quantitative estimate of drug-likeness (QED) is 0.118. The van der Waals surface area contributed by atoms with Crippen LogP contribution in [0.25, 0.3) is 5.76 Å². The average molecular weight is 775 g/mol. The Morgan fingerprint density at radius 1 is 0.520 bits per heavy atom. The van der Waals surface area contributed by atoms with Crippen LogP contribution in [-0.4, -0.2) is 5.11 Å². The smallest absolute Gasteiger partial charge is 0.172 e. The summed E-state index contributed by atoms with van der Waals surface area (Å²) < 4.78 is 32.6. The zero-order valence-corrected chi connectivity index (χ0v) is 29.4. The SMILES string of the molecule is Oc1c(I)c(OCc2ccccc2)cc2c1CC(OCc1ccccc1)=C(c1ccc(OCc3ccccc3)c(OCc3ccccc3)c1)O2. The van der Waals surface area contributed by atoms with E-state index in [9.17, 15) is 5.11 Å².